The maximum atomic E-state index is 14.0. The number of methoxy groups -OCH3 is 1. The molecule has 0 aliphatic heterocycles. The van der Waals surface area contributed by atoms with Crippen LogP contribution in [0.4, 0.5) is 4.39 Å². The summed E-state index contributed by atoms with van der Waals surface area (Å²) in [6, 6.07) is 15.6. The van der Waals surface area contributed by atoms with Crippen LogP contribution in [0.15, 0.2) is 67.0 Å². The van der Waals surface area contributed by atoms with Crippen molar-refractivity contribution in [3.63, 3.8) is 0 Å². The van der Waals surface area contributed by atoms with E-state index in [1.165, 1.54) is 12.1 Å². The summed E-state index contributed by atoms with van der Waals surface area (Å²) in [6.07, 6.45) is 3.30. The Morgan fingerprint density at radius 2 is 1.81 bits per heavy atom. The van der Waals surface area contributed by atoms with Crippen molar-refractivity contribution in [2.45, 2.75) is 6.61 Å². The maximum absolute atomic E-state index is 14.0. The summed E-state index contributed by atoms with van der Waals surface area (Å²) >= 11 is 0. The monoisotopic (exact) mass is 361 g/mol. The van der Waals surface area contributed by atoms with E-state index in [0.717, 1.165) is 11.3 Å². The van der Waals surface area contributed by atoms with Gasteiger partial charge in [-0.25, -0.2) is 19.3 Å². The van der Waals surface area contributed by atoms with E-state index in [2.05, 4.69) is 15.0 Å². The smallest absolute Gasteiger partial charge is 0.178 e. The Kier molecular flexibility index (Phi) is 4.61. The summed E-state index contributed by atoms with van der Waals surface area (Å²) in [4.78, 5) is 13.0. The van der Waals surface area contributed by atoms with Gasteiger partial charge in [0, 0.05) is 23.8 Å². The molecule has 0 aliphatic rings. The molecule has 134 valence electrons. The summed E-state index contributed by atoms with van der Waals surface area (Å²) in [6.45, 7) is 0.267. The van der Waals surface area contributed by atoms with Gasteiger partial charge in [-0.2, -0.15) is 0 Å². The quantitative estimate of drug-likeness (QED) is 0.527. The van der Waals surface area contributed by atoms with Crippen molar-refractivity contribution in [3.8, 4) is 23.0 Å². The van der Waals surface area contributed by atoms with Crippen LogP contribution in [0.25, 0.3) is 22.4 Å². The fourth-order valence-corrected chi connectivity index (χ4v) is 2.76. The highest BCUT2D eigenvalue weighted by molar-refractivity contribution is 5.86. The van der Waals surface area contributed by atoms with E-state index in [9.17, 15) is 4.39 Å². The van der Waals surface area contributed by atoms with Gasteiger partial charge in [0.15, 0.2) is 5.82 Å². The van der Waals surface area contributed by atoms with Gasteiger partial charge in [0.1, 0.15) is 35.1 Å². The van der Waals surface area contributed by atoms with Crippen LogP contribution in [-0.2, 0) is 6.61 Å². The van der Waals surface area contributed by atoms with E-state index in [0.29, 0.717) is 28.2 Å². The number of fused-ring (bicyclic) bond motifs is 1. The number of hydrogen-bond donors (Lipinski definition) is 0. The lowest BCUT2D eigenvalue weighted by Gasteiger charge is -2.11. The molecule has 0 N–H and O–H groups in total. The van der Waals surface area contributed by atoms with Gasteiger partial charge in [-0.3, -0.25) is 0 Å². The van der Waals surface area contributed by atoms with E-state index in [1.807, 2.05) is 24.3 Å². The van der Waals surface area contributed by atoms with Crippen LogP contribution in [0.2, 0.25) is 0 Å². The van der Waals surface area contributed by atoms with Gasteiger partial charge in [0.2, 0.25) is 0 Å². The zero-order valence-electron chi connectivity index (χ0n) is 14.6. The van der Waals surface area contributed by atoms with Crippen LogP contribution in [-0.4, -0.2) is 22.1 Å². The molecule has 5 nitrogen and oxygen atoms in total. The van der Waals surface area contributed by atoms with Gasteiger partial charge >= 0.3 is 0 Å². The van der Waals surface area contributed by atoms with Crippen LogP contribution in [0, 0.1) is 5.82 Å². The lowest BCUT2D eigenvalue weighted by molar-refractivity contribution is 0.307. The average molecular weight is 361 g/mol. The molecule has 0 bridgehead atoms. The van der Waals surface area contributed by atoms with Crippen LogP contribution in [0.3, 0.4) is 0 Å². The van der Waals surface area contributed by atoms with Crippen molar-refractivity contribution in [2.24, 2.45) is 0 Å². The van der Waals surface area contributed by atoms with Crippen LogP contribution < -0.4 is 9.47 Å². The van der Waals surface area contributed by atoms with E-state index < -0.39 is 0 Å². The maximum Gasteiger partial charge on any atom is 0.178 e. The molecule has 0 fully saturated rings. The van der Waals surface area contributed by atoms with Gasteiger partial charge in [-0.15, -0.1) is 0 Å². The molecular weight excluding hydrogens is 345 g/mol. The predicted molar refractivity (Wildman–Crippen MR) is 100 cm³/mol. The minimum Gasteiger partial charge on any atom is -0.497 e. The zero-order valence-corrected chi connectivity index (χ0v) is 14.6. The molecule has 6 heteroatoms. The van der Waals surface area contributed by atoms with E-state index in [-0.39, 0.29) is 12.4 Å². The molecule has 0 amide bonds. The standard InChI is InChI=1S/C21H16FN3O2/c1-26-17-5-2-4-14(10-17)13-27-19-12-16(22)11-15-6-7-18(25-20(15)19)21-23-8-3-9-24-21/h2-12H,13H2,1H3. The molecular formula is C21H16FN3O2. The first-order valence-electron chi connectivity index (χ1n) is 8.36. The van der Waals surface area contributed by atoms with Crippen LogP contribution in [0.5, 0.6) is 11.5 Å². The van der Waals surface area contributed by atoms with Gasteiger partial charge in [0.25, 0.3) is 0 Å². The summed E-state index contributed by atoms with van der Waals surface area (Å²) in [5, 5.41) is 0.648. The molecule has 0 saturated carbocycles. The Bertz CT molecular complexity index is 1090. The van der Waals surface area contributed by atoms with Gasteiger partial charge < -0.3 is 9.47 Å². The fourth-order valence-electron chi connectivity index (χ4n) is 2.76. The first-order valence-corrected chi connectivity index (χ1v) is 8.36. The molecule has 2 aromatic carbocycles. The van der Waals surface area contributed by atoms with Crippen molar-refractivity contribution in [2.75, 3.05) is 7.11 Å². The highest BCUT2D eigenvalue weighted by Crippen LogP contribution is 2.28. The fraction of sp³-hybridized carbons (Fsp3) is 0.0952. The second-order valence-electron chi connectivity index (χ2n) is 5.88. The first kappa shape index (κ1) is 16.9. The Labute approximate surface area is 155 Å². The Morgan fingerprint density at radius 1 is 0.963 bits per heavy atom. The number of benzene rings is 2. The SMILES string of the molecule is COc1cccc(COc2cc(F)cc3ccc(-c4ncccn4)nc23)c1. The first-order chi connectivity index (χ1) is 13.2. The number of nitrogens with zero attached hydrogens (tertiary/aromatic N) is 3. The molecule has 0 aliphatic carbocycles. The Balaban J connectivity index is 1.70. The summed E-state index contributed by atoms with van der Waals surface area (Å²) in [7, 11) is 1.61. The third-order valence-electron chi connectivity index (χ3n) is 4.05. The molecule has 27 heavy (non-hydrogen) atoms. The zero-order chi connectivity index (χ0) is 18.6. The Morgan fingerprint density at radius 3 is 2.63 bits per heavy atom. The summed E-state index contributed by atoms with van der Waals surface area (Å²) < 4.78 is 25.1. The van der Waals surface area contributed by atoms with E-state index in [4.69, 9.17) is 9.47 Å². The molecule has 4 aromatic rings. The van der Waals surface area contributed by atoms with Crippen LogP contribution >= 0.6 is 0 Å². The van der Waals surface area contributed by atoms with Crippen molar-refractivity contribution >= 4 is 10.9 Å². The van der Waals surface area contributed by atoms with Crippen molar-refractivity contribution in [1.29, 1.82) is 0 Å². The summed E-state index contributed by atoms with van der Waals surface area (Å²) in [5.74, 6) is 1.23. The van der Waals surface area contributed by atoms with Crippen molar-refractivity contribution in [1.82, 2.24) is 15.0 Å². The molecule has 4 rings (SSSR count). The molecule has 0 atom stereocenters. The normalized spacial score (nSPS) is 10.7. The van der Waals surface area contributed by atoms with Gasteiger partial charge in [0.05, 0.1) is 7.11 Å². The minimum atomic E-state index is -0.381. The second-order valence-corrected chi connectivity index (χ2v) is 5.88. The number of hydrogen-bond acceptors (Lipinski definition) is 5. The molecule has 0 radical (unpaired) electrons. The molecule has 2 heterocycles. The second kappa shape index (κ2) is 7.37. The predicted octanol–water partition coefficient (Wildman–Crippen LogP) is 4.42. The highest BCUT2D eigenvalue weighted by atomic mass is 19.1. The highest BCUT2D eigenvalue weighted by Gasteiger charge is 2.11. The lowest BCUT2D eigenvalue weighted by Crippen LogP contribution is -1.99. The number of halogens is 1. The number of pyridine rings is 1. The van der Waals surface area contributed by atoms with Crippen LogP contribution in [0.1, 0.15) is 5.56 Å². The largest absolute Gasteiger partial charge is 0.497 e. The molecule has 0 unspecified atom stereocenters. The Hall–Kier alpha value is -3.54. The van der Waals surface area contributed by atoms with E-state index >= 15 is 0 Å². The average Bonchev–Trinajstić information content (AvgIpc) is 2.72. The molecule has 2 aromatic heterocycles. The number of aromatic nitrogens is 3. The van der Waals surface area contributed by atoms with Gasteiger partial charge in [-0.1, -0.05) is 18.2 Å². The third kappa shape index (κ3) is 3.69. The van der Waals surface area contributed by atoms with Gasteiger partial charge in [-0.05, 0) is 35.9 Å². The molecule has 0 spiro atoms. The topological polar surface area (TPSA) is 57.1 Å². The number of rotatable bonds is 5. The van der Waals surface area contributed by atoms with Crippen molar-refractivity contribution < 1.29 is 13.9 Å². The lowest BCUT2D eigenvalue weighted by atomic mass is 10.1. The molecule has 0 saturated heterocycles. The minimum absolute atomic E-state index is 0.267. The third-order valence-corrected chi connectivity index (χ3v) is 4.05. The van der Waals surface area contributed by atoms with E-state index in [1.54, 1.807) is 37.7 Å². The number of ether oxygens (including phenoxy) is 2. The summed E-state index contributed by atoms with van der Waals surface area (Å²) in [5.41, 5.74) is 2.07. The van der Waals surface area contributed by atoms with Crippen molar-refractivity contribution in [3.05, 3.63) is 78.4 Å².